The Labute approximate surface area is 125 Å². The van der Waals surface area contributed by atoms with Gasteiger partial charge in [0.05, 0.1) is 21.6 Å². The van der Waals surface area contributed by atoms with Gasteiger partial charge < -0.3 is 4.55 Å². The van der Waals surface area contributed by atoms with Crippen LogP contribution in [0.4, 0.5) is 0 Å². The second-order valence-electron chi connectivity index (χ2n) is 4.21. The molecule has 0 aromatic carbocycles. The van der Waals surface area contributed by atoms with Crippen LogP contribution in [0.15, 0.2) is 0 Å². The Morgan fingerprint density at radius 3 is 2.12 bits per heavy atom. The van der Waals surface area contributed by atoms with E-state index in [4.69, 9.17) is 0 Å². The van der Waals surface area contributed by atoms with Gasteiger partial charge in [-0.2, -0.15) is 0 Å². The molecule has 9 heteroatoms. The van der Waals surface area contributed by atoms with Gasteiger partial charge in [-0.15, -0.1) is 0 Å². The largest absolute Gasteiger partial charge is 1.00 e. The fourth-order valence-corrected chi connectivity index (χ4v) is 3.63. The molecule has 0 aliphatic heterocycles. The van der Waals surface area contributed by atoms with Crippen LogP contribution in [0, 0.1) is 0 Å². The van der Waals surface area contributed by atoms with Crippen molar-refractivity contribution in [3.8, 4) is 0 Å². The number of hydrogen-bond donors (Lipinski definition) is 0. The molecule has 0 amide bonds. The zero-order chi connectivity index (χ0) is 12.6. The quantitative estimate of drug-likeness (QED) is 0.402. The van der Waals surface area contributed by atoms with Gasteiger partial charge in [0.25, 0.3) is 0 Å². The summed E-state index contributed by atoms with van der Waals surface area (Å²) < 4.78 is 56.4. The fraction of sp³-hybridized carbons (Fsp3) is 1.00. The number of hydrogen-bond acceptors (Lipinski definition) is 5. The Kier molecular flexibility index (Phi) is 6.62. The topological polar surface area (TPSA) is 94.6 Å². The second-order valence-corrected chi connectivity index (χ2v) is 7.91. The van der Waals surface area contributed by atoms with E-state index in [0.717, 1.165) is 10.6 Å². The third-order valence-electron chi connectivity index (χ3n) is 3.04. The van der Waals surface area contributed by atoms with E-state index in [-0.39, 0.29) is 42.0 Å². The van der Waals surface area contributed by atoms with Crippen LogP contribution >= 0.6 is 0 Å². The van der Waals surface area contributed by atoms with Crippen molar-refractivity contribution in [2.24, 2.45) is 0 Å². The summed E-state index contributed by atoms with van der Waals surface area (Å²) in [7, 11) is -6.23. The molecular formula is C8H16NNaO5S2. The summed E-state index contributed by atoms with van der Waals surface area (Å²) in [6, 6.07) is -0.377. The van der Waals surface area contributed by atoms with Crippen LogP contribution in [-0.2, 0) is 20.1 Å². The molecule has 2 atom stereocenters. The third kappa shape index (κ3) is 5.14. The van der Waals surface area contributed by atoms with E-state index >= 15 is 0 Å². The molecule has 17 heavy (non-hydrogen) atoms. The summed E-state index contributed by atoms with van der Waals surface area (Å²) in [5.74, 6) is 0. The second kappa shape index (κ2) is 6.31. The van der Waals surface area contributed by atoms with E-state index in [9.17, 15) is 21.4 Å². The van der Waals surface area contributed by atoms with E-state index in [0.29, 0.717) is 19.3 Å². The van der Waals surface area contributed by atoms with Crippen LogP contribution in [0.3, 0.4) is 0 Å². The van der Waals surface area contributed by atoms with Crippen molar-refractivity contribution in [1.82, 2.24) is 4.31 Å². The van der Waals surface area contributed by atoms with E-state index < -0.39 is 25.4 Å². The van der Waals surface area contributed by atoms with Gasteiger partial charge in [-0.3, -0.25) is 0 Å². The molecule has 6 nitrogen and oxygen atoms in total. The summed E-state index contributed by atoms with van der Waals surface area (Å²) in [6.07, 6.45) is 2.68. The van der Waals surface area contributed by atoms with Crippen molar-refractivity contribution >= 4 is 20.1 Å². The van der Waals surface area contributed by atoms with E-state index in [1.54, 1.807) is 0 Å². The average Bonchev–Trinajstić information content (AvgIpc) is 2.14. The number of sulfonamides is 1. The summed E-state index contributed by atoms with van der Waals surface area (Å²) in [5, 5.41) is -0.949. The predicted octanol–water partition coefficient (Wildman–Crippen LogP) is -3.26. The van der Waals surface area contributed by atoms with Crippen molar-refractivity contribution in [2.75, 3.05) is 13.3 Å². The first kappa shape index (κ1) is 17.8. The maximum atomic E-state index is 11.3. The molecule has 0 N–H and O–H groups in total. The van der Waals surface area contributed by atoms with Crippen LogP contribution in [0.2, 0.25) is 0 Å². The van der Waals surface area contributed by atoms with Crippen molar-refractivity contribution in [1.29, 1.82) is 0 Å². The zero-order valence-corrected chi connectivity index (χ0v) is 13.9. The Balaban J connectivity index is 0.00000256. The molecule has 2 unspecified atom stereocenters. The first-order valence-corrected chi connectivity index (χ1v) is 8.32. The van der Waals surface area contributed by atoms with Gasteiger partial charge in [-0.05, 0) is 19.3 Å². The maximum Gasteiger partial charge on any atom is 1.00 e. The molecule has 96 valence electrons. The van der Waals surface area contributed by atoms with Crippen molar-refractivity contribution in [2.45, 2.75) is 37.0 Å². The van der Waals surface area contributed by atoms with Crippen molar-refractivity contribution in [3.63, 3.8) is 0 Å². The maximum absolute atomic E-state index is 11.3. The molecular weight excluding hydrogens is 277 g/mol. The van der Waals surface area contributed by atoms with Gasteiger partial charge in [-0.1, -0.05) is 6.42 Å². The zero-order valence-electron chi connectivity index (χ0n) is 10.3. The monoisotopic (exact) mass is 293 g/mol. The molecule has 1 fully saturated rings. The van der Waals surface area contributed by atoms with Crippen molar-refractivity contribution < 1.29 is 50.9 Å². The summed E-state index contributed by atoms with van der Waals surface area (Å²) >= 11 is 0. The Morgan fingerprint density at radius 1 is 1.18 bits per heavy atom. The predicted molar refractivity (Wildman–Crippen MR) is 58.3 cm³/mol. The van der Waals surface area contributed by atoms with Gasteiger partial charge in [0.15, 0.2) is 0 Å². The Bertz CT molecular complexity index is 417. The molecule has 0 aromatic rings. The Hall–Kier alpha value is 0.820. The first-order valence-electron chi connectivity index (χ1n) is 5.00. The van der Waals surface area contributed by atoms with Gasteiger partial charge >= 0.3 is 29.6 Å². The minimum atomic E-state index is -4.31. The first-order chi connectivity index (χ1) is 7.12. The van der Waals surface area contributed by atoms with E-state index in [1.807, 2.05) is 0 Å². The van der Waals surface area contributed by atoms with Crippen LogP contribution in [-0.4, -0.2) is 50.3 Å². The third-order valence-corrected chi connectivity index (χ3v) is 5.63. The van der Waals surface area contributed by atoms with Gasteiger partial charge in [0.2, 0.25) is 10.0 Å². The molecule has 0 spiro atoms. The van der Waals surface area contributed by atoms with Crippen LogP contribution < -0.4 is 29.6 Å². The molecule has 1 aliphatic carbocycles. The summed E-state index contributed by atoms with van der Waals surface area (Å²) in [5.41, 5.74) is 0. The molecule has 0 aromatic heterocycles. The standard InChI is InChI=1S/C8H17NO5S2.Na/c1-9(15(2,10)11)7-4-3-5-8(6-7)16(12,13)14;/h7-8H,3-6H2,1-2H3,(H,12,13,14);/q;+1/p-1. The van der Waals surface area contributed by atoms with Crippen molar-refractivity contribution in [3.05, 3.63) is 0 Å². The molecule has 0 saturated heterocycles. The van der Waals surface area contributed by atoms with Crippen LogP contribution in [0.25, 0.3) is 0 Å². The van der Waals surface area contributed by atoms with Gasteiger partial charge in [0.1, 0.15) is 0 Å². The minimum absolute atomic E-state index is 0. The molecule has 1 aliphatic rings. The number of rotatable bonds is 3. The molecule has 0 bridgehead atoms. The van der Waals surface area contributed by atoms with Crippen LogP contribution in [0.1, 0.15) is 25.7 Å². The van der Waals surface area contributed by atoms with Gasteiger partial charge in [0, 0.05) is 13.1 Å². The smallest absolute Gasteiger partial charge is 0.748 e. The summed E-state index contributed by atoms with van der Waals surface area (Å²) in [4.78, 5) is 0. The van der Waals surface area contributed by atoms with Gasteiger partial charge in [-0.25, -0.2) is 21.1 Å². The normalized spacial score (nSPS) is 26.6. The molecule has 0 radical (unpaired) electrons. The molecule has 1 rings (SSSR count). The minimum Gasteiger partial charge on any atom is -0.748 e. The van der Waals surface area contributed by atoms with E-state index in [2.05, 4.69) is 0 Å². The number of nitrogens with zero attached hydrogens (tertiary/aromatic N) is 1. The SMILES string of the molecule is CN(C1CCCC(S(=O)(=O)[O-])C1)S(C)(=O)=O.[Na+]. The fourth-order valence-electron chi connectivity index (χ4n) is 1.98. The Morgan fingerprint density at radius 2 is 1.71 bits per heavy atom. The molecule has 0 heterocycles. The summed E-state index contributed by atoms with van der Waals surface area (Å²) in [6.45, 7) is 0. The van der Waals surface area contributed by atoms with Crippen LogP contribution in [0.5, 0.6) is 0 Å². The average molecular weight is 293 g/mol. The van der Waals surface area contributed by atoms with E-state index in [1.165, 1.54) is 7.05 Å². The molecule has 1 saturated carbocycles.